The van der Waals surface area contributed by atoms with Crippen LogP contribution in [-0.4, -0.2) is 23.1 Å². The Bertz CT molecular complexity index is 281. The van der Waals surface area contributed by atoms with E-state index < -0.39 is 0 Å². The van der Waals surface area contributed by atoms with Crippen molar-refractivity contribution in [3.8, 4) is 0 Å². The molecule has 0 amide bonds. The fourth-order valence-electron chi connectivity index (χ4n) is 4.16. The van der Waals surface area contributed by atoms with Gasteiger partial charge in [-0.3, -0.25) is 0 Å². The van der Waals surface area contributed by atoms with Gasteiger partial charge in [0.2, 0.25) is 0 Å². The van der Waals surface area contributed by atoms with Crippen LogP contribution in [0.25, 0.3) is 0 Å². The molecule has 0 radical (unpaired) electrons. The van der Waals surface area contributed by atoms with Gasteiger partial charge in [-0.1, -0.05) is 40.5 Å². The highest BCUT2D eigenvalue weighted by atomic mass is 32.2. The quantitative estimate of drug-likeness (QED) is 0.719. The smallest absolute Gasteiger partial charge is 0.0201 e. The molecule has 2 aliphatic carbocycles. The SMILES string of the molecule is CCSC1CCCC1NC1CCC(C(C)(C)CC)CC1. The molecule has 2 fully saturated rings. The van der Waals surface area contributed by atoms with Gasteiger partial charge in [0.25, 0.3) is 0 Å². The topological polar surface area (TPSA) is 12.0 Å². The van der Waals surface area contributed by atoms with Gasteiger partial charge in [0.05, 0.1) is 0 Å². The van der Waals surface area contributed by atoms with Gasteiger partial charge in [-0.15, -0.1) is 0 Å². The molecule has 0 bridgehead atoms. The van der Waals surface area contributed by atoms with Crippen LogP contribution in [0, 0.1) is 11.3 Å². The van der Waals surface area contributed by atoms with Crippen LogP contribution in [0.1, 0.15) is 79.1 Å². The normalized spacial score (nSPS) is 35.4. The first-order chi connectivity index (χ1) is 9.56. The van der Waals surface area contributed by atoms with E-state index in [2.05, 4.69) is 44.8 Å². The molecule has 2 rings (SSSR count). The summed E-state index contributed by atoms with van der Waals surface area (Å²) in [7, 11) is 0. The van der Waals surface area contributed by atoms with Gasteiger partial charge in [-0.25, -0.2) is 0 Å². The minimum absolute atomic E-state index is 0.554. The van der Waals surface area contributed by atoms with Crippen LogP contribution < -0.4 is 5.32 Å². The van der Waals surface area contributed by atoms with Crippen molar-refractivity contribution in [2.45, 2.75) is 96.4 Å². The van der Waals surface area contributed by atoms with Crippen LogP contribution in [-0.2, 0) is 0 Å². The molecule has 1 nitrogen and oxygen atoms in total. The first-order valence-electron chi connectivity index (χ1n) is 8.94. The van der Waals surface area contributed by atoms with Crippen molar-refractivity contribution in [1.29, 1.82) is 0 Å². The molecular formula is C18H35NS. The Morgan fingerprint density at radius 1 is 1.00 bits per heavy atom. The van der Waals surface area contributed by atoms with Gasteiger partial charge in [0.15, 0.2) is 0 Å². The second-order valence-corrected chi connectivity index (χ2v) is 9.10. The van der Waals surface area contributed by atoms with Gasteiger partial charge >= 0.3 is 0 Å². The van der Waals surface area contributed by atoms with E-state index in [1.807, 2.05) is 0 Å². The minimum atomic E-state index is 0.554. The minimum Gasteiger partial charge on any atom is -0.310 e. The molecule has 0 aromatic heterocycles. The molecule has 2 unspecified atom stereocenters. The lowest BCUT2D eigenvalue weighted by Gasteiger charge is -2.40. The lowest BCUT2D eigenvalue weighted by molar-refractivity contribution is 0.134. The zero-order valence-corrected chi connectivity index (χ0v) is 14.9. The van der Waals surface area contributed by atoms with Crippen LogP contribution in [0.4, 0.5) is 0 Å². The standard InChI is InChI=1S/C18H35NS/c1-5-18(3,4)14-10-12-15(13-11-14)19-16-8-7-9-17(16)20-6-2/h14-17,19H,5-13H2,1-4H3. The summed E-state index contributed by atoms with van der Waals surface area (Å²) in [5.74, 6) is 2.23. The Morgan fingerprint density at radius 2 is 1.70 bits per heavy atom. The number of rotatable bonds is 6. The van der Waals surface area contributed by atoms with Crippen LogP contribution >= 0.6 is 11.8 Å². The van der Waals surface area contributed by atoms with Crippen molar-refractivity contribution in [2.24, 2.45) is 11.3 Å². The summed E-state index contributed by atoms with van der Waals surface area (Å²) in [5.41, 5.74) is 0.554. The Hall–Kier alpha value is 0.310. The third-order valence-electron chi connectivity index (χ3n) is 6.03. The van der Waals surface area contributed by atoms with Crippen LogP contribution in [0.15, 0.2) is 0 Å². The highest BCUT2D eigenvalue weighted by Gasteiger charge is 2.34. The first-order valence-corrected chi connectivity index (χ1v) is 9.99. The van der Waals surface area contributed by atoms with E-state index in [4.69, 9.17) is 0 Å². The van der Waals surface area contributed by atoms with Gasteiger partial charge < -0.3 is 5.32 Å². The molecule has 1 N–H and O–H groups in total. The monoisotopic (exact) mass is 297 g/mol. The van der Waals surface area contributed by atoms with E-state index in [9.17, 15) is 0 Å². The molecule has 118 valence electrons. The predicted octanol–water partition coefficient (Wildman–Crippen LogP) is 5.25. The van der Waals surface area contributed by atoms with Crippen molar-refractivity contribution < 1.29 is 0 Å². The zero-order chi connectivity index (χ0) is 14.6. The lowest BCUT2D eigenvalue weighted by atomic mass is 9.69. The van der Waals surface area contributed by atoms with E-state index in [1.54, 1.807) is 0 Å². The summed E-state index contributed by atoms with van der Waals surface area (Å²) in [6, 6.07) is 1.61. The fourth-order valence-corrected chi connectivity index (χ4v) is 5.37. The van der Waals surface area contributed by atoms with E-state index in [0.717, 1.165) is 23.3 Å². The molecule has 0 aromatic carbocycles. The molecule has 2 atom stereocenters. The first kappa shape index (κ1) is 16.7. The molecule has 0 spiro atoms. The molecule has 0 aromatic rings. The number of hydrogen-bond donors (Lipinski definition) is 1. The summed E-state index contributed by atoms with van der Waals surface area (Å²) in [6.07, 6.45) is 11.3. The summed E-state index contributed by atoms with van der Waals surface area (Å²) in [5, 5.41) is 4.92. The third kappa shape index (κ3) is 4.16. The van der Waals surface area contributed by atoms with E-state index >= 15 is 0 Å². The highest BCUT2D eigenvalue weighted by Crippen LogP contribution is 2.41. The van der Waals surface area contributed by atoms with Gasteiger partial charge in [0.1, 0.15) is 0 Å². The van der Waals surface area contributed by atoms with E-state index in [0.29, 0.717) is 5.41 Å². The maximum absolute atomic E-state index is 4.02. The zero-order valence-electron chi connectivity index (χ0n) is 14.1. The molecule has 2 heteroatoms. The van der Waals surface area contributed by atoms with Crippen molar-refractivity contribution >= 4 is 11.8 Å². The van der Waals surface area contributed by atoms with Gasteiger partial charge in [-0.2, -0.15) is 11.8 Å². The lowest BCUT2D eigenvalue weighted by Crippen LogP contribution is -2.44. The maximum Gasteiger partial charge on any atom is 0.0201 e. The van der Waals surface area contributed by atoms with E-state index in [-0.39, 0.29) is 0 Å². The number of thioether (sulfide) groups is 1. The summed E-state index contributed by atoms with van der Waals surface area (Å²) < 4.78 is 0. The molecule has 2 saturated carbocycles. The Kier molecular flexibility index (Phi) is 6.28. The summed E-state index contributed by atoms with van der Waals surface area (Å²) in [4.78, 5) is 0. The Morgan fingerprint density at radius 3 is 2.30 bits per heavy atom. The van der Waals surface area contributed by atoms with Crippen LogP contribution in [0.5, 0.6) is 0 Å². The predicted molar refractivity (Wildman–Crippen MR) is 92.5 cm³/mol. The fraction of sp³-hybridized carbons (Fsp3) is 1.00. The highest BCUT2D eigenvalue weighted by molar-refractivity contribution is 7.99. The van der Waals surface area contributed by atoms with Crippen molar-refractivity contribution in [3.05, 3.63) is 0 Å². The second kappa shape index (κ2) is 7.54. The number of hydrogen-bond acceptors (Lipinski definition) is 2. The maximum atomic E-state index is 4.02. The van der Waals surface area contributed by atoms with Crippen molar-refractivity contribution in [2.75, 3.05) is 5.75 Å². The van der Waals surface area contributed by atoms with Gasteiger partial charge in [-0.05, 0) is 55.6 Å². The van der Waals surface area contributed by atoms with Crippen LogP contribution in [0.2, 0.25) is 0 Å². The van der Waals surface area contributed by atoms with E-state index in [1.165, 1.54) is 57.1 Å². The molecular weight excluding hydrogens is 262 g/mol. The molecule has 20 heavy (non-hydrogen) atoms. The third-order valence-corrected chi connectivity index (χ3v) is 7.35. The molecule has 0 heterocycles. The summed E-state index contributed by atoms with van der Waals surface area (Å²) >= 11 is 2.18. The second-order valence-electron chi connectivity index (χ2n) is 7.59. The van der Waals surface area contributed by atoms with Crippen molar-refractivity contribution in [1.82, 2.24) is 5.32 Å². The Labute approximate surface area is 131 Å². The van der Waals surface area contributed by atoms with Crippen molar-refractivity contribution in [3.63, 3.8) is 0 Å². The summed E-state index contributed by atoms with van der Waals surface area (Å²) in [6.45, 7) is 9.60. The van der Waals surface area contributed by atoms with Crippen LogP contribution in [0.3, 0.4) is 0 Å². The average molecular weight is 298 g/mol. The largest absolute Gasteiger partial charge is 0.310 e. The Balaban J connectivity index is 1.77. The van der Waals surface area contributed by atoms with Gasteiger partial charge in [0, 0.05) is 17.3 Å². The molecule has 0 aliphatic heterocycles. The molecule has 0 saturated heterocycles. The number of nitrogens with one attached hydrogen (secondary N) is 1. The molecule has 2 aliphatic rings. The average Bonchev–Trinajstić information content (AvgIpc) is 2.87.